The molecule has 2 amide bonds. The molecule has 7 nitrogen and oxygen atoms in total. The minimum Gasteiger partial charge on any atom is -0.465 e. The van der Waals surface area contributed by atoms with Crippen LogP contribution >= 0.6 is 15.9 Å². The Hall–Kier alpha value is -1.83. The van der Waals surface area contributed by atoms with Crippen LogP contribution in [0.25, 0.3) is 0 Å². The third-order valence-electron chi connectivity index (χ3n) is 1.64. The standard InChI is InChI=1S/C8H8BrN3O4/c9-6-2-1-5(3-10-6)12(8(15)16)4-11-7(13)14/h1-3,11H,4H2,(H,13,14)(H,15,16). The van der Waals surface area contributed by atoms with E-state index in [1.54, 1.807) is 6.07 Å². The Kier molecular flexibility index (Phi) is 4.06. The summed E-state index contributed by atoms with van der Waals surface area (Å²) in [6.45, 7) is -0.353. The molecule has 0 bridgehead atoms. The van der Waals surface area contributed by atoms with Crippen molar-refractivity contribution in [2.24, 2.45) is 0 Å². The lowest BCUT2D eigenvalue weighted by molar-refractivity contribution is 0.191. The Morgan fingerprint density at radius 1 is 1.44 bits per heavy atom. The van der Waals surface area contributed by atoms with Gasteiger partial charge in [-0.25, -0.2) is 14.6 Å². The molecule has 0 radical (unpaired) electrons. The second-order valence-electron chi connectivity index (χ2n) is 2.69. The van der Waals surface area contributed by atoms with E-state index in [2.05, 4.69) is 20.9 Å². The van der Waals surface area contributed by atoms with Crippen LogP contribution in [-0.4, -0.2) is 34.1 Å². The van der Waals surface area contributed by atoms with Crippen molar-refractivity contribution in [3.8, 4) is 0 Å². The molecule has 0 aromatic carbocycles. The molecule has 1 rings (SSSR count). The summed E-state index contributed by atoms with van der Waals surface area (Å²) in [5.74, 6) is 0. The zero-order valence-corrected chi connectivity index (χ0v) is 9.51. The molecule has 0 spiro atoms. The number of nitrogens with one attached hydrogen (secondary N) is 1. The van der Waals surface area contributed by atoms with Gasteiger partial charge in [0.2, 0.25) is 0 Å². The summed E-state index contributed by atoms with van der Waals surface area (Å²) in [4.78, 5) is 25.8. The third kappa shape index (κ3) is 3.39. The highest BCUT2D eigenvalue weighted by Crippen LogP contribution is 2.15. The molecule has 0 fully saturated rings. The molecular formula is C8H8BrN3O4. The first-order chi connectivity index (χ1) is 7.50. The monoisotopic (exact) mass is 289 g/mol. The summed E-state index contributed by atoms with van der Waals surface area (Å²) in [6.07, 6.45) is -1.24. The molecule has 0 aliphatic rings. The Bertz CT molecular complexity index is 395. The van der Waals surface area contributed by atoms with E-state index in [9.17, 15) is 9.59 Å². The van der Waals surface area contributed by atoms with Gasteiger partial charge < -0.3 is 15.5 Å². The zero-order valence-electron chi connectivity index (χ0n) is 7.92. The van der Waals surface area contributed by atoms with Gasteiger partial charge >= 0.3 is 12.2 Å². The number of halogens is 1. The predicted molar refractivity (Wildman–Crippen MR) is 58.5 cm³/mol. The first-order valence-corrected chi connectivity index (χ1v) is 4.89. The summed E-state index contributed by atoms with van der Waals surface area (Å²) >= 11 is 3.11. The average Bonchev–Trinajstić information content (AvgIpc) is 2.20. The molecule has 1 aromatic heterocycles. The number of amides is 2. The lowest BCUT2D eigenvalue weighted by atomic mass is 10.4. The SMILES string of the molecule is O=C(O)NCN(C(=O)O)c1ccc(Br)nc1. The second kappa shape index (κ2) is 5.31. The molecule has 0 saturated carbocycles. The average molecular weight is 290 g/mol. The molecule has 86 valence electrons. The smallest absolute Gasteiger partial charge is 0.413 e. The van der Waals surface area contributed by atoms with Crippen LogP contribution in [0.15, 0.2) is 22.9 Å². The molecular weight excluding hydrogens is 282 g/mol. The van der Waals surface area contributed by atoms with Crippen LogP contribution < -0.4 is 10.2 Å². The molecule has 0 saturated heterocycles. The number of carboxylic acid groups (broad SMARTS) is 2. The van der Waals surface area contributed by atoms with Crippen molar-refractivity contribution in [1.29, 1.82) is 0 Å². The summed E-state index contributed by atoms with van der Waals surface area (Å²) in [5.41, 5.74) is 0.282. The number of anilines is 1. The molecule has 0 unspecified atom stereocenters. The molecule has 8 heteroatoms. The van der Waals surface area contributed by atoms with Gasteiger partial charge in [-0.15, -0.1) is 0 Å². The van der Waals surface area contributed by atoms with Crippen LogP contribution in [0, 0.1) is 0 Å². The normalized spacial score (nSPS) is 9.56. The van der Waals surface area contributed by atoms with E-state index in [1.807, 2.05) is 5.32 Å². The van der Waals surface area contributed by atoms with Gasteiger partial charge in [0, 0.05) is 0 Å². The predicted octanol–water partition coefficient (Wildman–Crippen LogP) is 1.55. The molecule has 0 atom stereocenters. The lowest BCUT2D eigenvalue weighted by Crippen LogP contribution is -2.40. The maximum absolute atomic E-state index is 10.9. The Balaban J connectivity index is 2.81. The largest absolute Gasteiger partial charge is 0.465 e. The van der Waals surface area contributed by atoms with E-state index in [-0.39, 0.29) is 12.4 Å². The fraction of sp³-hybridized carbons (Fsp3) is 0.125. The van der Waals surface area contributed by atoms with Gasteiger partial charge in [0.15, 0.2) is 0 Å². The van der Waals surface area contributed by atoms with Gasteiger partial charge in [-0.05, 0) is 28.1 Å². The first-order valence-electron chi connectivity index (χ1n) is 4.09. The number of nitrogens with zero attached hydrogens (tertiary/aromatic N) is 2. The van der Waals surface area contributed by atoms with E-state index in [0.717, 1.165) is 4.90 Å². The van der Waals surface area contributed by atoms with E-state index < -0.39 is 12.2 Å². The van der Waals surface area contributed by atoms with Crippen molar-refractivity contribution in [3.05, 3.63) is 22.9 Å². The minimum atomic E-state index is -1.30. The highest BCUT2D eigenvalue weighted by Gasteiger charge is 2.15. The van der Waals surface area contributed by atoms with Gasteiger partial charge in [-0.2, -0.15) is 0 Å². The van der Waals surface area contributed by atoms with Crippen LogP contribution in [0.1, 0.15) is 0 Å². The molecule has 1 heterocycles. The summed E-state index contributed by atoms with van der Waals surface area (Å²) < 4.78 is 0.563. The highest BCUT2D eigenvalue weighted by atomic mass is 79.9. The highest BCUT2D eigenvalue weighted by molar-refractivity contribution is 9.10. The van der Waals surface area contributed by atoms with Gasteiger partial charge in [0.1, 0.15) is 11.3 Å². The molecule has 0 aliphatic heterocycles. The molecule has 16 heavy (non-hydrogen) atoms. The second-order valence-corrected chi connectivity index (χ2v) is 3.50. The lowest BCUT2D eigenvalue weighted by Gasteiger charge is -2.18. The minimum absolute atomic E-state index is 0.282. The fourth-order valence-corrected chi connectivity index (χ4v) is 1.18. The zero-order chi connectivity index (χ0) is 12.1. The molecule has 0 aliphatic carbocycles. The van der Waals surface area contributed by atoms with Gasteiger partial charge in [0.25, 0.3) is 0 Å². The van der Waals surface area contributed by atoms with Gasteiger partial charge in [0.05, 0.1) is 11.9 Å². The van der Waals surface area contributed by atoms with Crippen molar-refractivity contribution in [1.82, 2.24) is 10.3 Å². The van der Waals surface area contributed by atoms with Crippen molar-refractivity contribution in [3.63, 3.8) is 0 Å². The van der Waals surface area contributed by atoms with E-state index >= 15 is 0 Å². The number of hydrogen-bond acceptors (Lipinski definition) is 3. The van der Waals surface area contributed by atoms with Crippen LogP contribution in [-0.2, 0) is 0 Å². The first kappa shape index (κ1) is 12.2. The van der Waals surface area contributed by atoms with E-state index in [0.29, 0.717) is 4.60 Å². The maximum Gasteiger partial charge on any atom is 0.413 e. The van der Waals surface area contributed by atoms with Crippen molar-refractivity contribution >= 4 is 33.8 Å². The van der Waals surface area contributed by atoms with Crippen LogP contribution in [0.3, 0.4) is 0 Å². The van der Waals surface area contributed by atoms with E-state index in [4.69, 9.17) is 10.2 Å². The van der Waals surface area contributed by atoms with Gasteiger partial charge in [-0.1, -0.05) is 0 Å². The number of hydrogen-bond donors (Lipinski definition) is 3. The van der Waals surface area contributed by atoms with Crippen LogP contribution in [0.2, 0.25) is 0 Å². The van der Waals surface area contributed by atoms with Crippen LogP contribution in [0.4, 0.5) is 15.3 Å². The summed E-state index contributed by atoms with van der Waals surface area (Å²) in [5, 5.41) is 19.2. The van der Waals surface area contributed by atoms with Crippen molar-refractivity contribution < 1.29 is 19.8 Å². The number of carbonyl (C=O) groups is 2. The topological polar surface area (TPSA) is 103 Å². The summed E-state index contributed by atoms with van der Waals surface area (Å²) in [7, 11) is 0. The Morgan fingerprint density at radius 2 is 2.12 bits per heavy atom. The Morgan fingerprint density at radius 3 is 2.56 bits per heavy atom. The fourth-order valence-electron chi connectivity index (χ4n) is 0.944. The quantitative estimate of drug-likeness (QED) is 0.579. The van der Waals surface area contributed by atoms with Crippen molar-refractivity contribution in [2.45, 2.75) is 0 Å². The Labute approximate surface area is 98.8 Å². The van der Waals surface area contributed by atoms with Gasteiger partial charge in [-0.3, -0.25) is 4.90 Å². The van der Waals surface area contributed by atoms with Crippen molar-refractivity contribution in [2.75, 3.05) is 11.6 Å². The number of aromatic nitrogens is 1. The van der Waals surface area contributed by atoms with Crippen LogP contribution in [0.5, 0.6) is 0 Å². The summed E-state index contributed by atoms with van der Waals surface area (Å²) in [6, 6.07) is 3.07. The number of pyridine rings is 1. The molecule has 1 aromatic rings. The molecule has 3 N–H and O–H groups in total. The third-order valence-corrected chi connectivity index (χ3v) is 2.11. The van der Waals surface area contributed by atoms with E-state index in [1.165, 1.54) is 12.3 Å². The maximum atomic E-state index is 10.9. The number of rotatable bonds is 3.